The zero-order valence-electron chi connectivity index (χ0n) is 16.3. The van der Waals surface area contributed by atoms with Crippen molar-refractivity contribution in [3.05, 3.63) is 0 Å². The summed E-state index contributed by atoms with van der Waals surface area (Å²) in [6, 6.07) is 0. The van der Waals surface area contributed by atoms with Crippen LogP contribution < -0.4 is 5.73 Å². The van der Waals surface area contributed by atoms with Gasteiger partial charge in [0.1, 0.15) is 6.61 Å². The van der Waals surface area contributed by atoms with E-state index in [1.165, 1.54) is 0 Å². The van der Waals surface area contributed by atoms with Gasteiger partial charge >= 0.3 is 29.8 Å². The van der Waals surface area contributed by atoms with Crippen molar-refractivity contribution < 1.29 is 47.7 Å². The summed E-state index contributed by atoms with van der Waals surface area (Å²) in [5.41, 5.74) is 5.59. The van der Waals surface area contributed by atoms with Crippen molar-refractivity contribution in [3.63, 3.8) is 0 Å². The van der Waals surface area contributed by atoms with Crippen molar-refractivity contribution in [2.24, 2.45) is 5.73 Å². The number of hydrogen-bond donors (Lipinski definition) is 1. The Balaban J connectivity index is 0. The number of esters is 5. The van der Waals surface area contributed by atoms with E-state index in [1.54, 1.807) is 0 Å². The van der Waals surface area contributed by atoms with Gasteiger partial charge in [-0.1, -0.05) is 0 Å². The summed E-state index contributed by atoms with van der Waals surface area (Å²) in [6.07, 6.45) is -5.43. The zero-order valence-corrected chi connectivity index (χ0v) is 17.1. The Bertz CT molecular complexity index is 568. The molecule has 0 heterocycles. The van der Waals surface area contributed by atoms with Gasteiger partial charge in [-0.2, -0.15) is 0 Å². The van der Waals surface area contributed by atoms with Crippen LogP contribution in [-0.2, 0) is 47.7 Å². The quantitative estimate of drug-likeness (QED) is 0.359. The largest absolute Gasteiger partial charge is 0.462 e. The molecule has 0 saturated heterocycles. The highest BCUT2D eigenvalue weighted by atomic mass is 35.5. The van der Waals surface area contributed by atoms with Gasteiger partial charge < -0.3 is 29.4 Å². The van der Waals surface area contributed by atoms with E-state index in [1.807, 2.05) is 0 Å². The molecule has 11 nitrogen and oxygen atoms in total. The molecule has 0 aliphatic heterocycles. The maximum absolute atomic E-state index is 11.6. The topological polar surface area (TPSA) is 158 Å². The first kappa shape index (κ1) is 27.8. The Morgan fingerprint density at radius 1 is 0.643 bits per heavy atom. The van der Waals surface area contributed by atoms with Crippen molar-refractivity contribution in [1.82, 2.24) is 0 Å². The van der Waals surface area contributed by atoms with Gasteiger partial charge in [-0.05, 0) is 0 Å². The normalized spacial score (nSPS) is 14.2. The number of hydrogen-bond acceptors (Lipinski definition) is 11. The Morgan fingerprint density at radius 2 is 1.00 bits per heavy atom. The van der Waals surface area contributed by atoms with Gasteiger partial charge in [0.05, 0.1) is 0 Å². The summed E-state index contributed by atoms with van der Waals surface area (Å²) in [6.45, 7) is 4.66. The van der Waals surface area contributed by atoms with Crippen LogP contribution in [0.2, 0.25) is 0 Å². The molecule has 0 aromatic carbocycles. The Labute approximate surface area is 168 Å². The molecule has 0 bridgehead atoms. The van der Waals surface area contributed by atoms with E-state index in [0.717, 1.165) is 34.6 Å². The fourth-order valence-electron chi connectivity index (χ4n) is 2.16. The molecule has 4 unspecified atom stereocenters. The summed E-state index contributed by atoms with van der Waals surface area (Å²) in [5, 5.41) is 0. The van der Waals surface area contributed by atoms with Gasteiger partial charge in [-0.15, -0.1) is 12.4 Å². The van der Waals surface area contributed by atoms with Crippen LogP contribution in [0.3, 0.4) is 0 Å². The summed E-state index contributed by atoms with van der Waals surface area (Å²) >= 11 is 0. The smallest absolute Gasteiger partial charge is 0.303 e. The number of carbonyl (C=O) groups excluding carboxylic acids is 5. The first-order valence-electron chi connectivity index (χ1n) is 8.00. The Morgan fingerprint density at radius 3 is 1.32 bits per heavy atom. The van der Waals surface area contributed by atoms with Crippen LogP contribution in [0.5, 0.6) is 0 Å². The lowest BCUT2D eigenvalue weighted by Crippen LogP contribution is -2.54. The number of carbonyl (C=O) groups is 5. The molecular formula is C16H26ClNO10. The number of halogens is 1. The molecule has 2 N–H and O–H groups in total. The monoisotopic (exact) mass is 427 g/mol. The SMILES string of the molecule is CC(=O)OCC(OC(C)=O)C(OC(C)=O)C(OC(C)=O)C(CN)OC(C)=O.Cl. The molecule has 0 saturated carbocycles. The second-order valence-corrected chi connectivity index (χ2v) is 5.48. The third-order valence-electron chi connectivity index (χ3n) is 2.98. The lowest BCUT2D eigenvalue weighted by molar-refractivity contribution is -0.201. The fourth-order valence-corrected chi connectivity index (χ4v) is 2.16. The molecule has 0 aliphatic rings. The maximum atomic E-state index is 11.6. The minimum atomic E-state index is -1.46. The molecule has 28 heavy (non-hydrogen) atoms. The molecule has 162 valence electrons. The van der Waals surface area contributed by atoms with E-state index >= 15 is 0 Å². The van der Waals surface area contributed by atoms with E-state index in [-0.39, 0.29) is 19.0 Å². The van der Waals surface area contributed by atoms with Gasteiger partial charge in [0.15, 0.2) is 24.4 Å². The molecule has 0 aliphatic carbocycles. The van der Waals surface area contributed by atoms with Crippen LogP contribution in [0, 0.1) is 0 Å². The highest BCUT2D eigenvalue weighted by Gasteiger charge is 2.43. The van der Waals surface area contributed by atoms with Gasteiger partial charge in [-0.3, -0.25) is 24.0 Å². The summed E-state index contributed by atoms with van der Waals surface area (Å²) in [4.78, 5) is 57.0. The van der Waals surface area contributed by atoms with Crippen LogP contribution >= 0.6 is 12.4 Å². The molecule has 0 radical (unpaired) electrons. The van der Waals surface area contributed by atoms with Crippen molar-refractivity contribution in [1.29, 1.82) is 0 Å². The van der Waals surface area contributed by atoms with Crippen LogP contribution in [0.4, 0.5) is 0 Å². The molecule has 0 spiro atoms. The van der Waals surface area contributed by atoms with E-state index in [9.17, 15) is 24.0 Å². The Kier molecular flexibility index (Phi) is 13.6. The van der Waals surface area contributed by atoms with E-state index in [0.29, 0.717) is 0 Å². The van der Waals surface area contributed by atoms with Crippen LogP contribution in [0.1, 0.15) is 34.6 Å². The van der Waals surface area contributed by atoms with Gasteiger partial charge in [-0.25, -0.2) is 0 Å². The van der Waals surface area contributed by atoms with E-state index < -0.39 is 60.9 Å². The molecule has 0 rings (SSSR count). The predicted molar refractivity (Wildman–Crippen MR) is 95.2 cm³/mol. The first-order chi connectivity index (χ1) is 12.5. The highest BCUT2D eigenvalue weighted by Crippen LogP contribution is 2.19. The van der Waals surface area contributed by atoms with Crippen LogP contribution in [-0.4, -0.2) is 67.4 Å². The van der Waals surface area contributed by atoms with Gasteiger partial charge in [0, 0.05) is 41.2 Å². The standard InChI is InChI=1S/C16H25NO10.ClH/c1-8(18)23-7-14(25-10(3)20)16(27-12(5)22)15(26-11(4)21)13(6-17)24-9(2)19;/h13-16H,6-7,17H2,1-5H3;1H. The Hall–Kier alpha value is -2.40. The number of rotatable bonds is 10. The fraction of sp³-hybridized carbons (Fsp3) is 0.688. The van der Waals surface area contributed by atoms with Crippen molar-refractivity contribution in [2.75, 3.05) is 13.2 Å². The summed E-state index contributed by atoms with van der Waals surface area (Å²) in [5.74, 6) is -3.79. The minimum Gasteiger partial charge on any atom is -0.462 e. The van der Waals surface area contributed by atoms with Crippen molar-refractivity contribution in [2.45, 2.75) is 59.0 Å². The molecule has 0 fully saturated rings. The van der Waals surface area contributed by atoms with E-state index in [2.05, 4.69) is 0 Å². The zero-order chi connectivity index (χ0) is 21.1. The third-order valence-corrected chi connectivity index (χ3v) is 2.98. The van der Waals surface area contributed by atoms with E-state index in [4.69, 9.17) is 29.4 Å². The molecule has 0 aromatic rings. The minimum absolute atomic E-state index is 0. The summed E-state index contributed by atoms with van der Waals surface area (Å²) < 4.78 is 25.2. The highest BCUT2D eigenvalue weighted by molar-refractivity contribution is 5.85. The lowest BCUT2D eigenvalue weighted by Gasteiger charge is -2.34. The van der Waals surface area contributed by atoms with Crippen molar-refractivity contribution in [3.8, 4) is 0 Å². The molecule has 12 heteroatoms. The predicted octanol–water partition coefficient (Wildman–Crippen LogP) is -0.343. The first-order valence-corrected chi connectivity index (χ1v) is 8.00. The van der Waals surface area contributed by atoms with Gasteiger partial charge in [0.25, 0.3) is 0 Å². The molecule has 4 atom stereocenters. The second kappa shape index (κ2) is 13.7. The van der Waals surface area contributed by atoms with Crippen LogP contribution in [0.25, 0.3) is 0 Å². The average molecular weight is 428 g/mol. The van der Waals surface area contributed by atoms with Gasteiger partial charge in [0.2, 0.25) is 0 Å². The number of ether oxygens (including phenoxy) is 5. The maximum Gasteiger partial charge on any atom is 0.303 e. The summed E-state index contributed by atoms with van der Waals surface area (Å²) in [7, 11) is 0. The van der Waals surface area contributed by atoms with Crippen LogP contribution in [0.15, 0.2) is 0 Å². The average Bonchev–Trinajstić information content (AvgIpc) is 2.51. The lowest BCUT2D eigenvalue weighted by atomic mass is 10.0. The molecule has 0 amide bonds. The molecular weight excluding hydrogens is 402 g/mol. The number of nitrogens with two attached hydrogens (primary N) is 1. The van der Waals surface area contributed by atoms with Crippen molar-refractivity contribution >= 4 is 42.3 Å². The third kappa shape index (κ3) is 11.3. The second-order valence-electron chi connectivity index (χ2n) is 5.48. The molecule has 0 aromatic heterocycles.